The number of nitrogens with two attached hydrogens (primary N) is 1. The summed E-state index contributed by atoms with van der Waals surface area (Å²) >= 11 is 0. The van der Waals surface area contributed by atoms with Crippen molar-refractivity contribution in [3.63, 3.8) is 0 Å². The van der Waals surface area contributed by atoms with Crippen molar-refractivity contribution in [3.8, 4) is 5.75 Å². The number of ether oxygens (including phenoxy) is 1. The van der Waals surface area contributed by atoms with Crippen molar-refractivity contribution in [1.29, 1.82) is 0 Å². The SMILES string of the molecule is CC(C(=O)Nc1ccccc1OCCN)c1ccccc1. The minimum atomic E-state index is -0.228. The van der Waals surface area contributed by atoms with Crippen molar-refractivity contribution in [3.05, 3.63) is 60.2 Å². The molecule has 0 aliphatic heterocycles. The number of carbonyl (C=O) groups excluding carboxylic acids is 1. The highest BCUT2D eigenvalue weighted by atomic mass is 16.5. The number of anilines is 1. The molecule has 4 heteroatoms. The molecule has 0 fully saturated rings. The maximum atomic E-state index is 12.3. The third-order valence-electron chi connectivity index (χ3n) is 3.21. The summed E-state index contributed by atoms with van der Waals surface area (Å²) in [6, 6.07) is 17.0. The lowest BCUT2D eigenvalue weighted by molar-refractivity contribution is -0.117. The van der Waals surface area contributed by atoms with E-state index in [0.717, 1.165) is 5.56 Å². The van der Waals surface area contributed by atoms with Crippen molar-refractivity contribution in [1.82, 2.24) is 0 Å². The monoisotopic (exact) mass is 284 g/mol. The standard InChI is InChI=1S/C17H20N2O2/c1-13(14-7-3-2-4-8-14)17(20)19-15-9-5-6-10-16(15)21-12-11-18/h2-10,13H,11-12,18H2,1H3,(H,19,20). The van der Waals surface area contributed by atoms with Gasteiger partial charge >= 0.3 is 0 Å². The molecule has 2 rings (SSSR count). The molecular weight excluding hydrogens is 264 g/mol. The summed E-state index contributed by atoms with van der Waals surface area (Å²) in [6.45, 7) is 2.73. The van der Waals surface area contributed by atoms with Gasteiger partial charge in [-0.3, -0.25) is 4.79 Å². The third-order valence-corrected chi connectivity index (χ3v) is 3.21. The highest BCUT2D eigenvalue weighted by molar-refractivity contribution is 5.96. The lowest BCUT2D eigenvalue weighted by atomic mass is 10.0. The van der Waals surface area contributed by atoms with Crippen LogP contribution in [0.1, 0.15) is 18.4 Å². The van der Waals surface area contributed by atoms with Gasteiger partial charge in [-0.25, -0.2) is 0 Å². The molecule has 1 amide bonds. The quantitative estimate of drug-likeness (QED) is 0.857. The zero-order valence-electron chi connectivity index (χ0n) is 12.1. The van der Waals surface area contributed by atoms with Gasteiger partial charge in [-0.05, 0) is 24.6 Å². The Morgan fingerprint density at radius 2 is 1.81 bits per heavy atom. The Morgan fingerprint density at radius 3 is 2.52 bits per heavy atom. The normalized spacial score (nSPS) is 11.7. The van der Waals surface area contributed by atoms with E-state index in [0.29, 0.717) is 24.6 Å². The van der Waals surface area contributed by atoms with Crippen LogP contribution in [0, 0.1) is 0 Å². The van der Waals surface area contributed by atoms with Crippen LogP contribution in [0.2, 0.25) is 0 Å². The van der Waals surface area contributed by atoms with Crippen LogP contribution in [0.25, 0.3) is 0 Å². The summed E-state index contributed by atoms with van der Waals surface area (Å²) < 4.78 is 5.53. The molecule has 2 aromatic rings. The number of carbonyl (C=O) groups is 1. The van der Waals surface area contributed by atoms with Gasteiger partial charge in [0.05, 0.1) is 11.6 Å². The van der Waals surface area contributed by atoms with Crippen LogP contribution in [0.3, 0.4) is 0 Å². The van der Waals surface area contributed by atoms with Crippen molar-refractivity contribution in [2.24, 2.45) is 5.73 Å². The molecule has 110 valence electrons. The summed E-state index contributed by atoms with van der Waals surface area (Å²) in [5.41, 5.74) is 7.09. The van der Waals surface area contributed by atoms with E-state index >= 15 is 0 Å². The van der Waals surface area contributed by atoms with Crippen LogP contribution in [0.4, 0.5) is 5.69 Å². The van der Waals surface area contributed by atoms with Gasteiger partial charge in [0, 0.05) is 6.54 Å². The van der Waals surface area contributed by atoms with E-state index in [1.165, 1.54) is 0 Å². The van der Waals surface area contributed by atoms with Gasteiger partial charge in [0.25, 0.3) is 0 Å². The van der Waals surface area contributed by atoms with Gasteiger partial charge in [-0.2, -0.15) is 0 Å². The highest BCUT2D eigenvalue weighted by Crippen LogP contribution is 2.25. The predicted molar refractivity (Wildman–Crippen MR) is 84.5 cm³/mol. The molecule has 0 spiro atoms. The first-order chi connectivity index (χ1) is 10.2. The van der Waals surface area contributed by atoms with Crippen molar-refractivity contribution in [2.75, 3.05) is 18.5 Å². The van der Waals surface area contributed by atoms with Crippen LogP contribution in [-0.2, 0) is 4.79 Å². The number of amides is 1. The second kappa shape index (κ2) is 7.45. The Hall–Kier alpha value is -2.33. The maximum absolute atomic E-state index is 12.3. The number of rotatable bonds is 6. The molecule has 3 N–H and O–H groups in total. The lowest BCUT2D eigenvalue weighted by Crippen LogP contribution is -2.20. The smallest absolute Gasteiger partial charge is 0.231 e. The van der Waals surface area contributed by atoms with Crippen LogP contribution >= 0.6 is 0 Å². The average Bonchev–Trinajstić information content (AvgIpc) is 2.54. The molecule has 1 unspecified atom stereocenters. The van der Waals surface area contributed by atoms with E-state index in [9.17, 15) is 4.79 Å². The molecule has 0 heterocycles. The molecule has 2 aromatic carbocycles. The van der Waals surface area contributed by atoms with E-state index in [1.54, 1.807) is 0 Å². The van der Waals surface area contributed by atoms with Gasteiger partial charge in [-0.15, -0.1) is 0 Å². The van der Waals surface area contributed by atoms with Crippen molar-refractivity contribution < 1.29 is 9.53 Å². The Kier molecular flexibility index (Phi) is 5.35. The number of hydrogen-bond acceptors (Lipinski definition) is 3. The Bertz CT molecular complexity index is 584. The first kappa shape index (κ1) is 15.1. The summed E-state index contributed by atoms with van der Waals surface area (Å²) in [5, 5.41) is 2.91. The van der Waals surface area contributed by atoms with E-state index in [2.05, 4.69) is 5.32 Å². The molecule has 0 saturated carbocycles. The molecule has 4 nitrogen and oxygen atoms in total. The van der Waals surface area contributed by atoms with Crippen molar-refractivity contribution >= 4 is 11.6 Å². The molecule has 1 atom stereocenters. The van der Waals surface area contributed by atoms with Gasteiger partial charge in [-0.1, -0.05) is 42.5 Å². The minimum Gasteiger partial charge on any atom is -0.490 e. The molecule has 0 saturated heterocycles. The zero-order chi connectivity index (χ0) is 15.1. The highest BCUT2D eigenvalue weighted by Gasteiger charge is 2.16. The zero-order valence-corrected chi connectivity index (χ0v) is 12.1. The summed E-state index contributed by atoms with van der Waals surface area (Å²) in [5.74, 6) is 0.343. The van der Waals surface area contributed by atoms with Gasteiger partial charge in [0.1, 0.15) is 12.4 Å². The fourth-order valence-electron chi connectivity index (χ4n) is 2.00. The Balaban J connectivity index is 2.09. The van der Waals surface area contributed by atoms with Crippen LogP contribution in [-0.4, -0.2) is 19.1 Å². The van der Waals surface area contributed by atoms with Crippen LogP contribution < -0.4 is 15.8 Å². The second-order valence-corrected chi connectivity index (χ2v) is 4.75. The average molecular weight is 284 g/mol. The van der Waals surface area contributed by atoms with Gasteiger partial charge < -0.3 is 15.8 Å². The molecule has 0 aliphatic rings. The van der Waals surface area contributed by atoms with E-state index in [1.807, 2.05) is 61.5 Å². The molecular formula is C17H20N2O2. The predicted octanol–water partition coefficient (Wildman–Crippen LogP) is 2.77. The maximum Gasteiger partial charge on any atom is 0.231 e. The van der Waals surface area contributed by atoms with Crippen molar-refractivity contribution in [2.45, 2.75) is 12.8 Å². The first-order valence-electron chi connectivity index (χ1n) is 7.00. The van der Waals surface area contributed by atoms with E-state index < -0.39 is 0 Å². The third kappa shape index (κ3) is 4.07. The number of nitrogens with one attached hydrogen (secondary N) is 1. The summed E-state index contributed by atoms with van der Waals surface area (Å²) in [4.78, 5) is 12.3. The Labute approximate surface area is 124 Å². The lowest BCUT2D eigenvalue weighted by Gasteiger charge is -2.15. The molecule has 0 aromatic heterocycles. The number of para-hydroxylation sites is 2. The molecule has 21 heavy (non-hydrogen) atoms. The van der Waals surface area contributed by atoms with E-state index in [-0.39, 0.29) is 11.8 Å². The van der Waals surface area contributed by atoms with Gasteiger partial charge in [0.15, 0.2) is 0 Å². The molecule has 0 bridgehead atoms. The van der Waals surface area contributed by atoms with Gasteiger partial charge in [0.2, 0.25) is 5.91 Å². The fourth-order valence-corrected chi connectivity index (χ4v) is 2.00. The van der Waals surface area contributed by atoms with E-state index in [4.69, 9.17) is 10.5 Å². The molecule has 0 radical (unpaired) electrons. The number of hydrogen-bond donors (Lipinski definition) is 2. The van der Waals surface area contributed by atoms with Crippen LogP contribution in [0.15, 0.2) is 54.6 Å². The Morgan fingerprint density at radius 1 is 1.14 bits per heavy atom. The summed E-state index contributed by atoms with van der Waals surface area (Å²) in [6.07, 6.45) is 0. The minimum absolute atomic E-state index is 0.0648. The summed E-state index contributed by atoms with van der Waals surface area (Å²) in [7, 11) is 0. The topological polar surface area (TPSA) is 64.3 Å². The fraction of sp³-hybridized carbons (Fsp3) is 0.235. The number of benzene rings is 2. The molecule has 0 aliphatic carbocycles. The second-order valence-electron chi connectivity index (χ2n) is 4.75. The first-order valence-corrected chi connectivity index (χ1v) is 7.00. The largest absolute Gasteiger partial charge is 0.490 e. The van der Waals surface area contributed by atoms with Crippen LogP contribution in [0.5, 0.6) is 5.75 Å².